The second kappa shape index (κ2) is 6.35. The molecule has 0 bridgehead atoms. The van der Waals surface area contributed by atoms with Crippen molar-refractivity contribution in [3.05, 3.63) is 21.3 Å². The Labute approximate surface area is 117 Å². The maximum absolute atomic E-state index is 10.2. The molecule has 0 amide bonds. The molecule has 0 aliphatic carbocycles. The highest BCUT2D eigenvalue weighted by Crippen LogP contribution is 2.24. The highest BCUT2D eigenvalue weighted by atomic mass is 35.5. The molecule has 2 heterocycles. The molecule has 1 aliphatic rings. The number of halogens is 1. The molecule has 3 nitrogen and oxygen atoms in total. The number of rotatable bonds is 4. The summed E-state index contributed by atoms with van der Waals surface area (Å²) in [6.07, 6.45) is 0.0665. The summed E-state index contributed by atoms with van der Waals surface area (Å²) >= 11 is 7.42. The topological polar surface area (TPSA) is 32.7 Å². The number of ether oxygens (including phenoxy) is 1. The lowest BCUT2D eigenvalue weighted by Gasteiger charge is -2.37. The summed E-state index contributed by atoms with van der Waals surface area (Å²) < 4.78 is 6.45. The van der Waals surface area contributed by atoms with Gasteiger partial charge in [-0.05, 0) is 26.0 Å². The van der Waals surface area contributed by atoms with Crippen LogP contribution in [-0.4, -0.2) is 48.0 Å². The molecule has 18 heavy (non-hydrogen) atoms. The Kier molecular flexibility index (Phi) is 5.04. The van der Waals surface area contributed by atoms with Crippen molar-refractivity contribution in [1.29, 1.82) is 0 Å². The fourth-order valence-electron chi connectivity index (χ4n) is 2.20. The van der Waals surface area contributed by atoms with Crippen LogP contribution >= 0.6 is 22.9 Å². The van der Waals surface area contributed by atoms with Gasteiger partial charge in [0.25, 0.3) is 0 Å². The zero-order valence-corrected chi connectivity index (χ0v) is 12.4. The normalized spacial score (nSPS) is 23.5. The second-order valence-corrected chi connectivity index (χ2v) is 6.77. The average Bonchev–Trinajstić information content (AvgIpc) is 2.75. The van der Waals surface area contributed by atoms with Gasteiger partial charge >= 0.3 is 0 Å². The predicted octanol–water partition coefficient (Wildman–Crippen LogP) is 2.41. The van der Waals surface area contributed by atoms with E-state index in [1.54, 1.807) is 0 Å². The molecule has 2 rings (SSSR count). The van der Waals surface area contributed by atoms with Crippen molar-refractivity contribution in [2.24, 2.45) is 0 Å². The van der Waals surface area contributed by atoms with E-state index in [1.165, 1.54) is 11.3 Å². The molecular formula is C13H20ClNO2S. The average molecular weight is 290 g/mol. The minimum atomic E-state index is -0.457. The summed E-state index contributed by atoms with van der Waals surface area (Å²) in [4.78, 5) is 3.46. The van der Waals surface area contributed by atoms with Crippen LogP contribution in [0.3, 0.4) is 0 Å². The third-order valence-electron chi connectivity index (χ3n) is 3.32. The first-order valence-corrected chi connectivity index (χ1v) is 7.53. The first-order valence-electron chi connectivity index (χ1n) is 6.34. The third-order valence-corrected chi connectivity index (χ3v) is 4.58. The Morgan fingerprint density at radius 2 is 2.33 bits per heavy atom. The van der Waals surface area contributed by atoms with Gasteiger partial charge in [-0.2, -0.15) is 0 Å². The van der Waals surface area contributed by atoms with Gasteiger partial charge < -0.3 is 9.84 Å². The smallest absolute Gasteiger partial charge is 0.0964 e. The fraction of sp³-hybridized carbons (Fsp3) is 0.692. The highest BCUT2D eigenvalue weighted by molar-refractivity contribution is 7.16. The lowest BCUT2D eigenvalue weighted by Crippen LogP contribution is -2.50. The summed E-state index contributed by atoms with van der Waals surface area (Å²) in [5.41, 5.74) is 0. The van der Waals surface area contributed by atoms with Gasteiger partial charge in [0.1, 0.15) is 0 Å². The lowest BCUT2D eigenvalue weighted by molar-refractivity contribution is -0.0938. The van der Waals surface area contributed by atoms with E-state index >= 15 is 0 Å². The largest absolute Gasteiger partial charge is 0.390 e. The van der Waals surface area contributed by atoms with Crippen molar-refractivity contribution in [1.82, 2.24) is 4.90 Å². The summed E-state index contributed by atoms with van der Waals surface area (Å²) in [6, 6.07) is 4.34. The van der Waals surface area contributed by atoms with E-state index in [2.05, 4.69) is 18.7 Å². The third kappa shape index (κ3) is 3.68. The van der Waals surface area contributed by atoms with Gasteiger partial charge in [-0.3, -0.25) is 4.90 Å². The summed E-state index contributed by atoms with van der Waals surface area (Å²) in [5.74, 6) is 0. The molecule has 5 heteroatoms. The fourth-order valence-corrected chi connectivity index (χ4v) is 3.33. The van der Waals surface area contributed by atoms with Crippen molar-refractivity contribution in [3.8, 4) is 0 Å². The minimum Gasteiger partial charge on any atom is -0.390 e. The standard InChI is InChI=1S/C13H20ClNO2S/c1-9(2)15-5-6-17-12(8-15)11(16)7-10-3-4-13(14)18-10/h3-4,9,11-12,16H,5-8H2,1-2H3. The molecule has 2 atom stereocenters. The van der Waals surface area contributed by atoms with E-state index in [0.717, 1.165) is 22.3 Å². The van der Waals surface area contributed by atoms with E-state index in [4.69, 9.17) is 16.3 Å². The van der Waals surface area contributed by atoms with Gasteiger partial charge in [0.15, 0.2) is 0 Å². The monoisotopic (exact) mass is 289 g/mol. The van der Waals surface area contributed by atoms with Crippen molar-refractivity contribution in [2.45, 2.75) is 38.5 Å². The quantitative estimate of drug-likeness (QED) is 0.924. The van der Waals surface area contributed by atoms with E-state index < -0.39 is 6.10 Å². The number of morpholine rings is 1. The number of aliphatic hydroxyl groups excluding tert-OH is 1. The van der Waals surface area contributed by atoms with Crippen LogP contribution in [0.2, 0.25) is 4.34 Å². The predicted molar refractivity (Wildman–Crippen MR) is 75.5 cm³/mol. The van der Waals surface area contributed by atoms with Crippen LogP contribution < -0.4 is 0 Å². The van der Waals surface area contributed by atoms with Crippen molar-refractivity contribution in [2.75, 3.05) is 19.7 Å². The zero-order valence-electron chi connectivity index (χ0n) is 10.8. The number of hydrogen-bond donors (Lipinski definition) is 1. The van der Waals surface area contributed by atoms with Crippen LogP contribution in [-0.2, 0) is 11.2 Å². The number of hydrogen-bond acceptors (Lipinski definition) is 4. The van der Waals surface area contributed by atoms with E-state index in [1.807, 2.05) is 12.1 Å². The Bertz CT molecular complexity index is 383. The van der Waals surface area contributed by atoms with Crippen molar-refractivity contribution in [3.63, 3.8) is 0 Å². The molecule has 0 spiro atoms. The second-order valence-electron chi connectivity index (χ2n) is 4.98. The Morgan fingerprint density at radius 3 is 2.94 bits per heavy atom. The van der Waals surface area contributed by atoms with Crippen molar-refractivity contribution < 1.29 is 9.84 Å². The maximum atomic E-state index is 10.2. The molecule has 1 fully saturated rings. The molecule has 1 aliphatic heterocycles. The van der Waals surface area contributed by atoms with Gasteiger partial charge in [-0.1, -0.05) is 11.6 Å². The Hall–Kier alpha value is -0.130. The van der Waals surface area contributed by atoms with Crippen LogP contribution in [0.25, 0.3) is 0 Å². The zero-order chi connectivity index (χ0) is 13.1. The van der Waals surface area contributed by atoms with E-state index in [-0.39, 0.29) is 6.10 Å². The number of nitrogens with zero attached hydrogens (tertiary/aromatic N) is 1. The lowest BCUT2D eigenvalue weighted by atomic mass is 10.1. The molecule has 1 aromatic heterocycles. The van der Waals surface area contributed by atoms with Crippen LogP contribution in [0.15, 0.2) is 12.1 Å². The summed E-state index contributed by atoms with van der Waals surface area (Å²) in [5, 5.41) is 10.2. The molecule has 1 aromatic rings. The van der Waals surface area contributed by atoms with Gasteiger partial charge in [0.05, 0.1) is 23.2 Å². The highest BCUT2D eigenvalue weighted by Gasteiger charge is 2.28. The van der Waals surface area contributed by atoms with Gasteiger partial charge in [0.2, 0.25) is 0 Å². The number of aliphatic hydroxyl groups is 1. The van der Waals surface area contributed by atoms with Crippen LogP contribution in [0.4, 0.5) is 0 Å². The van der Waals surface area contributed by atoms with E-state index in [0.29, 0.717) is 19.1 Å². The Morgan fingerprint density at radius 1 is 1.56 bits per heavy atom. The van der Waals surface area contributed by atoms with Crippen LogP contribution in [0, 0.1) is 0 Å². The van der Waals surface area contributed by atoms with Gasteiger partial charge in [0, 0.05) is 30.4 Å². The van der Waals surface area contributed by atoms with Gasteiger partial charge in [-0.25, -0.2) is 0 Å². The molecule has 1 N–H and O–H groups in total. The first-order chi connectivity index (χ1) is 8.56. The number of thiophene rings is 1. The van der Waals surface area contributed by atoms with Gasteiger partial charge in [-0.15, -0.1) is 11.3 Å². The van der Waals surface area contributed by atoms with Crippen LogP contribution in [0.5, 0.6) is 0 Å². The minimum absolute atomic E-state index is 0.0953. The van der Waals surface area contributed by atoms with Crippen molar-refractivity contribution >= 4 is 22.9 Å². The summed E-state index contributed by atoms with van der Waals surface area (Å²) in [7, 11) is 0. The van der Waals surface area contributed by atoms with Crippen LogP contribution in [0.1, 0.15) is 18.7 Å². The molecule has 0 saturated carbocycles. The molecular weight excluding hydrogens is 270 g/mol. The summed E-state index contributed by atoms with van der Waals surface area (Å²) in [6.45, 7) is 6.80. The molecule has 0 aromatic carbocycles. The maximum Gasteiger partial charge on any atom is 0.0964 e. The SMILES string of the molecule is CC(C)N1CCOC(C(O)Cc2ccc(Cl)s2)C1. The Balaban J connectivity index is 1.90. The first kappa shape index (κ1) is 14.3. The molecule has 0 radical (unpaired) electrons. The molecule has 2 unspecified atom stereocenters. The molecule has 102 valence electrons. The molecule has 1 saturated heterocycles. The van der Waals surface area contributed by atoms with E-state index in [9.17, 15) is 5.11 Å².